The first-order chi connectivity index (χ1) is 14.0. The third-order valence-corrected chi connectivity index (χ3v) is 7.61. The number of thioether (sulfide) groups is 1. The van der Waals surface area contributed by atoms with E-state index in [1.165, 1.54) is 34.5 Å². The number of nitrogens with zero attached hydrogens (tertiary/aromatic N) is 3. The first-order valence-electron chi connectivity index (χ1n) is 9.27. The van der Waals surface area contributed by atoms with E-state index in [2.05, 4.69) is 15.3 Å². The molecule has 29 heavy (non-hydrogen) atoms. The fourth-order valence-corrected chi connectivity index (χ4v) is 5.52. The molecule has 2 heterocycles. The topological polar surface area (TPSA) is 92.3 Å². The molecule has 9 heteroatoms. The van der Waals surface area contributed by atoms with Gasteiger partial charge in [0.05, 0.1) is 16.2 Å². The van der Waals surface area contributed by atoms with Gasteiger partial charge in [-0.25, -0.2) is 18.4 Å². The quantitative estimate of drug-likeness (QED) is 0.479. The van der Waals surface area contributed by atoms with Gasteiger partial charge in [0, 0.05) is 24.2 Å². The number of para-hydroxylation sites is 1. The highest BCUT2D eigenvalue weighted by atomic mass is 32.2. The van der Waals surface area contributed by atoms with Gasteiger partial charge in [0.2, 0.25) is 15.9 Å². The van der Waals surface area contributed by atoms with Crippen LogP contribution in [0.5, 0.6) is 0 Å². The smallest absolute Gasteiger partial charge is 0.243 e. The van der Waals surface area contributed by atoms with E-state index in [1.807, 2.05) is 24.3 Å². The van der Waals surface area contributed by atoms with Crippen molar-refractivity contribution in [2.24, 2.45) is 0 Å². The number of amides is 1. The van der Waals surface area contributed by atoms with Crippen molar-refractivity contribution in [1.29, 1.82) is 0 Å². The van der Waals surface area contributed by atoms with Gasteiger partial charge in [-0.15, -0.1) is 0 Å². The Morgan fingerprint density at radius 2 is 1.76 bits per heavy atom. The van der Waals surface area contributed by atoms with Crippen LogP contribution in [0.15, 0.2) is 64.8 Å². The lowest BCUT2D eigenvalue weighted by Gasteiger charge is -2.15. The van der Waals surface area contributed by atoms with E-state index in [4.69, 9.17) is 0 Å². The normalized spacial score (nSPS) is 14.9. The van der Waals surface area contributed by atoms with Crippen LogP contribution < -0.4 is 5.32 Å². The van der Waals surface area contributed by atoms with Gasteiger partial charge in [0.25, 0.3) is 0 Å². The van der Waals surface area contributed by atoms with Crippen molar-refractivity contribution in [2.45, 2.75) is 22.8 Å². The van der Waals surface area contributed by atoms with Crippen molar-refractivity contribution in [3.05, 3.63) is 54.9 Å². The maximum Gasteiger partial charge on any atom is 0.243 e. The zero-order valence-electron chi connectivity index (χ0n) is 15.6. The zero-order chi connectivity index (χ0) is 20.3. The Morgan fingerprint density at radius 3 is 2.52 bits per heavy atom. The minimum atomic E-state index is -3.45. The molecule has 2 aromatic carbocycles. The van der Waals surface area contributed by atoms with Gasteiger partial charge in [-0.2, -0.15) is 4.31 Å². The highest BCUT2D eigenvalue weighted by Gasteiger charge is 2.26. The number of benzene rings is 2. The van der Waals surface area contributed by atoms with Gasteiger partial charge >= 0.3 is 0 Å². The summed E-state index contributed by atoms with van der Waals surface area (Å²) in [5.74, 6) is 0.00214. The Labute approximate surface area is 173 Å². The van der Waals surface area contributed by atoms with Gasteiger partial charge < -0.3 is 5.32 Å². The highest BCUT2D eigenvalue weighted by Crippen LogP contribution is 2.25. The van der Waals surface area contributed by atoms with Gasteiger partial charge in [-0.05, 0) is 43.2 Å². The summed E-state index contributed by atoms with van der Waals surface area (Å²) in [7, 11) is -3.45. The van der Waals surface area contributed by atoms with E-state index < -0.39 is 10.0 Å². The van der Waals surface area contributed by atoms with E-state index in [-0.39, 0.29) is 16.6 Å². The highest BCUT2D eigenvalue weighted by molar-refractivity contribution is 8.00. The van der Waals surface area contributed by atoms with Crippen molar-refractivity contribution in [1.82, 2.24) is 14.3 Å². The van der Waals surface area contributed by atoms with Gasteiger partial charge in [-0.3, -0.25) is 4.79 Å². The van der Waals surface area contributed by atoms with Crippen molar-refractivity contribution in [3.8, 4) is 0 Å². The maximum atomic E-state index is 12.6. The molecule has 3 aromatic rings. The Balaban J connectivity index is 1.38. The Hall–Kier alpha value is -2.49. The van der Waals surface area contributed by atoms with E-state index in [0.29, 0.717) is 18.8 Å². The lowest BCUT2D eigenvalue weighted by molar-refractivity contribution is -0.113. The molecule has 150 valence electrons. The van der Waals surface area contributed by atoms with Crippen LogP contribution in [0.4, 0.5) is 5.69 Å². The van der Waals surface area contributed by atoms with Crippen molar-refractivity contribution in [3.63, 3.8) is 0 Å². The summed E-state index contributed by atoms with van der Waals surface area (Å²) in [6, 6.07) is 13.9. The number of rotatable bonds is 6. The molecular weight excluding hydrogens is 408 g/mol. The first-order valence-corrected chi connectivity index (χ1v) is 11.7. The summed E-state index contributed by atoms with van der Waals surface area (Å²) in [4.78, 5) is 21.0. The second-order valence-corrected chi connectivity index (χ2v) is 9.57. The number of hydrogen-bond donors (Lipinski definition) is 1. The van der Waals surface area contributed by atoms with Crippen LogP contribution in [0.1, 0.15) is 12.8 Å². The lowest BCUT2D eigenvalue weighted by Crippen LogP contribution is -2.27. The molecule has 7 nitrogen and oxygen atoms in total. The molecule has 1 aliphatic heterocycles. The summed E-state index contributed by atoms with van der Waals surface area (Å²) in [5, 5.41) is 4.45. The van der Waals surface area contributed by atoms with Crippen LogP contribution in [0.25, 0.3) is 10.9 Å². The standard InChI is InChI=1S/C20H20N4O3S2/c25-19(13-28-20-17-5-1-2-6-18(17)21-14-22-20)23-15-7-9-16(10-8-15)29(26,27)24-11-3-4-12-24/h1-2,5-10,14H,3-4,11-13H2,(H,23,25). The van der Waals surface area contributed by atoms with Gasteiger partial charge in [0.15, 0.2) is 0 Å². The van der Waals surface area contributed by atoms with Crippen LogP contribution in [0.2, 0.25) is 0 Å². The number of aromatic nitrogens is 2. The summed E-state index contributed by atoms with van der Waals surface area (Å²) in [6.45, 7) is 1.13. The number of carbonyl (C=O) groups excluding carboxylic acids is 1. The molecule has 0 aliphatic carbocycles. The fourth-order valence-electron chi connectivity index (χ4n) is 3.21. The molecule has 0 atom stereocenters. The minimum absolute atomic E-state index is 0.187. The number of hydrogen-bond acceptors (Lipinski definition) is 6. The molecule has 1 fully saturated rings. The molecule has 1 N–H and O–H groups in total. The number of fused-ring (bicyclic) bond motifs is 1. The van der Waals surface area contributed by atoms with Crippen molar-refractivity contribution >= 4 is 44.3 Å². The molecule has 4 rings (SSSR count). The van der Waals surface area contributed by atoms with Crippen molar-refractivity contribution in [2.75, 3.05) is 24.2 Å². The third kappa shape index (κ3) is 4.42. The van der Waals surface area contributed by atoms with Crippen LogP contribution in [-0.2, 0) is 14.8 Å². The average Bonchev–Trinajstić information content (AvgIpc) is 3.28. The molecule has 0 unspecified atom stereocenters. The van der Waals surface area contributed by atoms with Gasteiger partial charge in [-0.1, -0.05) is 30.0 Å². The van der Waals surface area contributed by atoms with E-state index >= 15 is 0 Å². The van der Waals surface area contributed by atoms with E-state index in [9.17, 15) is 13.2 Å². The monoisotopic (exact) mass is 428 g/mol. The van der Waals surface area contributed by atoms with Crippen LogP contribution in [0, 0.1) is 0 Å². The second kappa shape index (κ2) is 8.48. The molecule has 1 aliphatic rings. The summed E-state index contributed by atoms with van der Waals surface area (Å²) in [5.41, 5.74) is 1.39. The van der Waals surface area contributed by atoms with Crippen LogP contribution in [0.3, 0.4) is 0 Å². The number of nitrogens with one attached hydrogen (secondary N) is 1. The van der Waals surface area contributed by atoms with Crippen LogP contribution in [-0.4, -0.2) is 47.4 Å². The SMILES string of the molecule is O=C(CSc1ncnc2ccccc12)Nc1ccc(S(=O)(=O)N2CCCC2)cc1. The molecule has 1 aromatic heterocycles. The van der Waals surface area contributed by atoms with E-state index in [0.717, 1.165) is 28.8 Å². The fraction of sp³-hybridized carbons (Fsp3) is 0.250. The number of sulfonamides is 1. The Morgan fingerprint density at radius 1 is 1.03 bits per heavy atom. The second-order valence-electron chi connectivity index (χ2n) is 6.67. The Bertz CT molecular complexity index is 1120. The molecule has 0 spiro atoms. The average molecular weight is 429 g/mol. The molecule has 0 saturated carbocycles. The number of anilines is 1. The summed E-state index contributed by atoms with van der Waals surface area (Å²) < 4.78 is 26.6. The van der Waals surface area contributed by atoms with Crippen molar-refractivity contribution < 1.29 is 13.2 Å². The third-order valence-electron chi connectivity index (χ3n) is 4.69. The Kier molecular flexibility index (Phi) is 5.79. The molecule has 0 bridgehead atoms. The maximum absolute atomic E-state index is 12.6. The molecular formula is C20H20N4O3S2. The zero-order valence-corrected chi connectivity index (χ0v) is 17.2. The first kappa shape index (κ1) is 19.8. The molecule has 0 radical (unpaired) electrons. The number of carbonyl (C=O) groups is 1. The van der Waals surface area contributed by atoms with Crippen LogP contribution >= 0.6 is 11.8 Å². The lowest BCUT2D eigenvalue weighted by atomic mass is 10.2. The summed E-state index contributed by atoms with van der Waals surface area (Å²) in [6.07, 6.45) is 3.28. The largest absolute Gasteiger partial charge is 0.325 e. The molecule has 1 saturated heterocycles. The molecule has 1 amide bonds. The van der Waals surface area contributed by atoms with Gasteiger partial charge in [0.1, 0.15) is 11.4 Å². The summed E-state index contributed by atoms with van der Waals surface area (Å²) >= 11 is 1.34. The predicted molar refractivity (Wildman–Crippen MR) is 113 cm³/mol. The minimum Gasteiger partial charge on any atom is -0.325 e. The van der Waals surface area contributed by atoms with E-state index in [1.54, 1.807) is 12.1 Å². The predicted octanol–water partition coefficient (Wildman–Crippen LogP) is 3.15.